The van der Waals surface area contributed by atoms with Gasteiger partial charge in [0.05, 0.1) is 17.1 Å². The third-order valence-corrected chi connectivity index (χ3v) is 5.04. The van der Waals surface area contributed by atoms with E-state index in [4.69, 9.17) is 4.74 Å². The summed E-state index contributed by atoms with van der Waals surface area (Å²) in [5.41, 5.74) is 0.597. The van der Waals surface area contributed by atoms with Crippen LogP contribution in [-0.2, 0) is 14.8 Å². The molecule has 5 nitrogen and oxygen atoms in total. The molecule has 6 heteroatoms. The molecule has 128 valence electrons. The molecular formula is C19H17NO4S. The van der Waals surface area contributed by atoms with E-state index in [0.717, 1.165) is 10.8 Å². The van der Waals surface area contributed by atoms with Gasteiger partial charge in [0.25, 0.3) is 10.0 Å². The van der Waals surface area contributed by atoms with Gasteiger partial charge >= 0.3 is 5.97 Å². The van der Waals surface area contributed by atoms with Crippen molar-refractivity contribution in [2.75, 3.05) is 11.3 Å². The first-order valence-electron chi connectivity index (χ1n) is 7.78. The van der Waals surface area contributed by atoms with Crippen molar-refractivity contribution in [2.45, 2.75) is 11.8 Å². The topological polar surface area (TPSA) is 72.5 Å². The van der Waals surface area contributed by atoms with Gasteiger partial charge in [-0.05, 0) is 48.0 Å². The summed E-state index contributed by atoms with van der Waals surface area (Å²) in [6.07, 6.45) is 0. The molecule has 0 aliphatic carbocycles. The normalized spacial score (nSPS) is 11.2. The van der Waals surface area contributed by atoms with Gasteiger partial charge in [0.1, 0.15) is 0 Å². The Hall–Kier alpha value is -2.86. The molecule has 0 aromatic heterocycles. The number of anilines is 1. The van der Waals surface area contributed by atoms with Crippen molar-refractivity contribution in [1.29, 1.82) is 0 Å². The van der Waals surface area contributed by atoms with Crippen LogP contribution in [0.1, 0.15) is 17.3 Å². The first-order valence-corrected chi connectivity index (χ1v) is 9.27. The number of esters is 1. The van der Waals surface area contributed by atoms with Crippen molar-refractivity contribution < 1.29 is 17.9 Å². The maximum Gasteiger partial charge on any atom is 0.338 e. The van der Waals surface area contributed by atoms with Crippen LogP contribution in [0.3, 0.4) is 0 Å². The molecule has 25 heavy (non-hydrogen) atoms. The number of sulfonamides is 1. The highest BCUT2D eigenvalue weighted by Crippen LogP contribution is 2.22. The molecular weight excluding hydrogens is 338 g/mol. The molecule has 3 rings (SSSR count). The van der Waals surface area contributed by atoms with E-state index in [-0.39, 0.29) is 11.5 Å². The SMILES string of the molecule is CCOC(=O)c1cccc(NS(=O)(=O)c2ccc3ccccc3c2)c1. The number of ether oxygens (including phenoxy) is 1. The molecule has 0 fully saturated rings. The predicted molar refractivity (Wildman–Crippen MR) is 97.2 cm³/mol. The standard InChI is InChI=1S/C19H17NO4S/c1-2-24-19(21)16-8-5-9-17(12-16)20-25(22,23)18-11-10-14-6-3-4-7-15(14)13-18/h3-13,20H,2H2,1H3. The molecule has 0 atom stereocenters. The fourth-order valence-corrected chi connectivity index (χ4v) is 3.56. The lowest BCUT2D eigenvalue weighted by Crippen LogP contribution is -2.13. The molecule has 3 aromatic rings. The number of carbonyl (C=O) groups is 1. The monoisotopic (exact) mass is 355 g/mol. The van der Waals surface area contributed by atoms with E-state index in [1.54, 1.807) is 43.3 Å². The minimum absolute atomic E-state index is 0.160. The van der Waals surface area contributed by atoms with E-state index >= 15 is 0 Å². The fraction of sp³-hybridized carbons (Fsp3) is 0.105. The van der Waals surface area contributed by atoms with Crippen LogP contribution in [0.5, 0.6) is 0 Å². The van der Waals surface area contributed by atoms with Crippen LogP contribution in [0.4, 0.5) is 5.69 Å². The number of benzene rings is 3. The summed E-state index contributed by atoms with van der Waals surface area (Å²) in [7, 11) is -3.76. The van der Waals surface area contributed by atoms with Gasteiger partial charge in [-0.15, -0.1) is 0 Å². The maximum absolute atomic E-state index is 12.6. The first-order chi connectivity index (χ1) is 12.0. The highest BCUT2D eigenvalue weighted by atomic mass is 32.2. The summed E-state index contributed by atoms with van der Waals surface area (Å²) in [5, 5.41) is 1.80. The van der Waals surface area contributed by atoms with E-state index in [9.17, 15) is 13.2 Å². The first kappa shape index (κ1) is 17.0. The molecule has 0 radical (unpaired) electrons. The molecule has 0 amide bonds. The second kappa shape index (κ2) is 6.94. The maximum atomic E-state index is 12.6. The lowest BCUT2D eigenvalue weighted by Gasteiger charge is -2.10. The average molecular weight is 355 g/mol. The highest BCUT2D eigenvalue weighted by Gasteiger charge is 2.16. The number of nitrogens with one attached hydrogen (secondary N) is 1. The van der Waals surface area contributed by atoms with Gasteiger partial charge in [-0.1, -0.05) is 36.4 Å². The fourth-order valence-electron chi connectivity index (χ4n) is 2.47. The van der Waals surface area contributed by atoms with Crippen LogP contribution in [-0.4, -0.2) is 21.0 Å². The van der Waals surface area contributed by atoms with Crippen LogP contribution in [0, 0.1) is 0 Å². The van der Waals surface area contributed by atoms with Crippen LogP contribution < -0.4 is 4.72 Å². The molecule has 0 spiro atoms. The average Bonchev–Trinajstić information content (AvgIpc) is 2.61. The second-order valence-electron chi connectivity index (χ2n) is 5.42. The van der Waals surface area contributed by atoms with Gasteiger partial charge in [0.2, 0.25) is 0 Å². The number of hydrogen-bond acceptors (Lipinski definition) is 4. The quantitative estimate of drug-likeness (QED) is 0.706. The van der Waals surface area contributed by atoms with Crippen molar-refractivity contribution in [1.82, 2.24) is 0 Å². The van der Waals surface area contributed by atoms with Crippen LogP contribution in [0.25, 0.3) is 10.8 Å². The molecule has 0 bridgehead atoms. The zero-order valence-electron chi connectivity index (χ0n) is 13.6. The van der Waals surface area contributed by atoms with Gasteiger partial charge in [-0.2, -0.15) is 0 Å². The molecule has 0 unspecified atom stereocenters. The summed E-state index contributed by atoms with van der Waals surface area (Å²) in [6.45, 7) is 1.97. The molecule has 0 saturated heterocycles. The van der Waals surface area contributed by atoms with Gasteiger partial charge < -0.3 is 4.74 Å². The zero-order chi connectivity index (χ0) is 17.9. The Labute approximate surface area is 146 Å². The zero-order valence-corrected chi connectivity index (χ0v) is 14.4. The minimum atomic E-state index is -3.76. The number of fused-ring (bicyclic) bond motifs is 1. The number of carbonyl (C=O) groups excluding carboxylic acids is 1. The molecule has 0 aliphatic heterocycles. The highest BCUT2D eigenvalue weighted by molar-refractivity contribution is 7.92. The van der Waals surface area contributed by atoms with Crippen molar-refractivity contribution in [3.05, 3.63) is 72.3 Å². The smallest absolute Gasteiger partial charge is 0.338 e. The largest absolute Gasteiger partial charge is 0.462 e. The summed E-state index contributed by atoms with van der Waals surface area (Å²) >= 11 is 0. The summed E-state index contributed by atoms with van der Waals surface area (Å²) < 4.78 is 32.7. The van der Waals surface area contributed by atoms with Gasteiger partial charge in [-0.3, -0.25) is 4.72 Å². The molecule has 3 aromatic carbocycles. The van der Waals surface area contributed by atoms with E-state index in [2.05, 4.69) is 4.72 Å². The molecule has 0 aliphatic rings. The Morgan fingerprint density at radius 3 is 2.48 bits per heavy atom. The van der Waals surface area contributed by atoms with Crippen molar-refractivity contribution in [3.63, 3.8) is 0 Å². The van der Waals surface area contributed by atoms with E-state index < -0.39 is 16.0 Å². The van der Waals surface area contributed by atoms with Crippen LogP contribution in [0.2, 0.25) is 0 Å². The van der Waals surface area contributed by atoms with Crippen LogP contribution >= 0.6 is 0 Å². The Balaban J connectivity index is 1.90. The summed E-state index contributed by atoms with van der Waals surface area (Å²) in [4.78, 5) is 11.9. The van der Waals surface area contributed by atoms with Crippen molar-refractivity contribution in [2.24, 2.45) is 0 Å². The molecule has 0 heterocycles. The van der Waals surface area contributed by atoms with Crippen LogP contribution in [0.15, 0.2) is 71.6 Å². The number of hydrogen-bond donors (Lipinski definition) is 1. The molecule has 1 N–H and O–H groups in total. The van der Waals surface area contributed by atoms with E-state index in [1.165, 1.54) is 6.07 Å². The van der Waals surface area contributed by atoms with Gasteiger partial charge in [0.15, 0.2) is 0 Å². The lowest BCUT2D eigenvalue weighted by molar-refractivity contribution is 0.0526. The van der Waals surface area contributed by atoms with Gasteiger partial charge in [-0.25, -0.2) is 13.2 Å². The Morgan fingerprint density at radius 2 is 1.72 bits per heavy atom. The van der Waals surface area contributed by atoms with Crippen molar-refractivity contribution >= 4 is 32.5 Å². The Morgan fingerprint density at radius 1 is 0.960 bits per heavy atom. The summed E-state index contributed by atoms with van der Waals surface area (Å²) in [5.74, 6) is -0.491. The van der Waals surface area contributed by atoms with Gasteiger partial charge in [0, 0.05) is 5.69 Å². The molecule has 0 saturated carbocycles. The number of rotatable bonds is 5. The Bertz CT molecular complexity index is 1030. The predicted octanol–water partition coefficient (Wildman–Crippen LogP) is 3.82. The Kier molecular flexibility index (Phi) is 4.72. The third-order valence-electron chi connectivity index (χ3n) is 3.66. The minimum Gasteiger partial charge on any atom is -0.462 e. The summed E-state index contributed by atoms with van der Waals surface area (Å²) in [6, 6.07) is 18.7. The van der Waals surface area contributed by atoms with Crippen molar-refractivity contribution in [3.8, 4) is 0 Å². The lowest BCUT2D eigenvalue weighted by atomic mass is 10.1. The van der Waals surface area contributed by atoms with E-state index in [0.29, 0.717) is 11.3 Å². The second-order valence-corrected chi connectivity index (χ2v) is 7.10. The third kappa shape index (κ3) is 3.80. The van der Waals surface area contributed by atoms with E-state index in [1.807, 2.05) is 24.3 Å².